The van der Waals surface area contributed by atoms with Crippen LogP contribution < -0.4 is 0 Å². The van der Waals surface area contributed by atoms with Crippen molar-refractivity contribution in [3.63, 3.8) is 0 Å². The van der Waals surface area contributed by atoms with Crippen molar-refractivity contribution in [1.82, 2.24) is 0 Å². The lowest BCUT2D eigenvalue weighted by molar-refractivity contribution is -0.790. The van der Waals surface area contributed by atoms with Gasteiger partial charge in [-0.3, -0.25) is 0 Å². The molecule has 1 heterocycles. The zero-order chi connectivity index (χ0) is 14.3. The second kappa shape index (κ2) is 7.62. The van der Waals surface area contributed by atoms with Crippen LogP contribution in [-0.4, -0.2) is 29.0 Å². The van der Waals surface area contributed by atoms with Crippen LogP contribution in [0.5, 0.6) is 0 Å². The van der Waals surface area contributed by atoms with Gasteiger partial charge in [-0.1, -0.05) is 0 Å². The summed E-state index contributed by atoms with van der Waals surface area (Å²) in [4.78, 5) is 28.7. The zero-order valence-corrected chi connectivity index (χ0v) is 10.7. The van der Waals surface area contributed by atoms with E-state index < -0.39 is 22.9 Å². The number of hydrogen-bond acceptors (Lipinski definition) is 7. The van der Waals surface area contributed by atoms with Crippen LogP contribution in [0.1, 0.15) is 25.7 Å². The summed E-state index contributed by atoms with van der Waals surface area (Å²) in [5.74, 6) is 0. The van der Waals surface area contributed by atoms with Gasteiger partial charge < -0.3 is 14.4 Å². The topological polar surface area (TPSA) is 114 Å². The van der Waals surface area contributed by atoms with Crippen LogP contribution in [0.2, 0.25) is 0 Å². The Labute approximate surface area is 113 Å². The second-order valence-electron chi connectivity index (χ2n) is 3.87. The maximum atomic E-state index is 10.3. The van der Waals surface area contributed by atoms with E-state index in [-0.39, 0.29) is 12.5 Å². The molecule has 0 N–H and O–H groups in total. The molecular weight excluding hydrogens is 284 g/mol. The van der Waals surface area contributed by atoms with Crippen molar-refractivity contribution < 1.29 is 24.6 Å². The van der Waals surface area contributed by atoms with Gasteiger partial charge in [0.05, 0.1) is 0 Å². The Hall–Kier alpha value is -1.77. The molecule has 0 aliphatic carbocycles. The number of halogens is 1. The van der Waals surface area contributed by atoms with Gasteiger partial charge in [-0.2, -0.15) is 0 Å². The van der Waals surface area contributed by atoms with E-state index in [1.807, 2.05) is 0 Å². The third-order valence-electron chi connectivity index (χ3n) is 2.48. The van der Waals surface area contributed by atoms with Crippen molar-refractivity contribution in [3.05, 3.63) is 31.5 Å². The largest absolute Gasteiger partial charge is 0.480 e. The van der Waals surface area contributed by atoms with Gasteiger partial charge in [-0.25, -0.2) is 0 Å². The molecule has 2 atom stereocenters. The Bertz CT molecular complexity index is 362. The molecule has 0 aromatic rings. The molecule has 0 amide bonds. The second-order valence-corrected chi connectivity index (χ2v) is 4.25. The van der Waals surface area contributed by atoms with Crippen LogP contribution >= 0.6 is 11.6 Å². The highest BCUT2D eigenvalue weighted by atomic mass is 35.5. The Morgan fingerprint density at radius 3 is 2.79 bits per heavy atom. The minimum Gasteiger partial charge on any atom is -0.480 e. The van der Waals surface area contributed by atoms with Crippen molar-refractivity contribution in [3.8, 4) is 0 Å². The summed E-state index contributed by atoms with van der Waals surface area (Å²) >= 11 is 5.70. The van der Waals surface area contributed by atoms with Crippen molar-refractivity contribution >= 4 is 11.6 Å². The molecule has 0 spiro atoms. The Kier molecular flexibility index (Phi) is 6.13. The first-order chi connectivity index (χ1) is 8.97. The number of allylic oxidation sites excluding steroid dienone is 1. The SMILES string of the molecule is O=[N+]([O-])OC[C@@H](CCC1CCC=C(Cl)O1)O[N+](=O)[O-]. The van der Waals surface area contributed by atoms with Gasteiger partial charge in [-0.15, -0.1) is 20.2 Å². The molecule has 0 saturated carbocycles. The molecule has 1 aliphatic rings. The fourth-order valence-corrected chi connectivity index (χ4v) is 1.89. The van der Waals surface area contributed by atoms with Crippen LogP contribution in [0.4, 0.5) is 0 Å². The van der Waals surface area contributed by atoms with Gasteiger partial charge in [0, 0.05) is 0 Å². The Morgan fingerprint density at radius 2 is 2.21 bits per heavy atom. The minimum atomic E-state index is -1.02. The monoisotopic (exact) mass is 296 g/mol. The van der Waals surface area contributed by atoms with E-state index in [1.165, 1.54) is 0 Å². The summed E-state index contributed by atoms with van der Waals surface area (Å²) in [6.45, 7) is -0.496. The van der Waals surface area contributed by atoms with E-state index in [4.69, 9.17) is 16.3 Å². The number of ether oxygens (including phenoxy) is 1. The molecular formula is C9H13ClN2O7. The molecule has 0 aromatic carbocycles. The van der Waals surface area contributed by atoms with E-state index >= 15 is 0 Å². The van der Waals surface area contributed by atoms with E-state index in [0.717, 1.165) is 12.8 Å². The first-order valence-electron chi connectivity index (χ1n) is 5.58. The number of nitrogens with zero attached hydrogens (tertiary/aromatic N) is 2. The van der Waals surface area contributed by atoms with Crippen LogP contribution in [-0.2, 0) is 14.4 Å². The van der Waals surface area contributed by atoms with Gasteiger partial charge in [0.2, 0.25) is 0 Å². The van der Waals surface area contributed by atoms with Crippen LogP contribution in [0.15, 0.2) is 11.3 Å². The molecule has 1 rings (SSSR count). The summed E-state index contributed by atoms with van der Waals surface area (Å²) in [5.41, 5.74) is 0. The smallest absolute Gasteiger partial charge is 0.294 e. The van der Waals surface area contributed by atoms with Gasteiger partial charge in [0.15, 0.2) is 5.22 Å². The molecule has 0 bridgehead atoms. The quantitative estimate of drug-likeness (QED) is 0.495. The number of hydrogen-bond donors (Lipinski definition) is 0. The third kappa shape index (κ3) is 6.65. The molecule has 1 unspecified atom stereocenters. The van der Waals surface area contributed by atoms with E-state index in [2.05, 4.69) is 9.68 Å². The number of rotatable bonds is 8. The van der Waals surface area contributed by atoms with Gasteiger partial charge in [-0.05, 0) is 43.4 Å². The normalized spacial score (nSPS) is 19.8. The fraction of sp³-hybridized carbons (Fsp3) is 0.778. The molecule has 0 fully saturated rings. The van der Waals surface area contributed by atoms with Crippen LogP contribution in [0.25, 0.3) is 0 Å². The Morgan fingerprint density at radius 1 is 1.47 bits per heavy atom. The van der Waals surface area contributed by atoms with Crippen molar-refractivity contribution in [2.45, 2.75) is 37.9 Å². The molecule has 10 heteroatoms. The molecule has 1 aliphatic heterocycles. The average Bonchev–Trinajstić information content (AvgIpc) is 2.32. The Balaban J connectivity index is 2.36. The summed E-state index contributed by atoms with van der Waals surface area (Å²) < 4.78 is 5.29. The van der Waals surface area contributed by atoms with Gasteiger partial charge >= 0.3 is 0 Å². The first-order valence-corrected chi connectivity index (χ1v) is 5.96. The van der Waals surface area contributed by atoms with Crippen molar-refractivity contribution in [2.24, 2.45) is 0 Å². The lowest BCUT2D eigenvalue weighted by atomic mass is 10.0. The molecule has 108 valence electrons. The predicted molar refractivity (Wildman–Crippen MR) is 62.1 cm³/mol. The maximum Gasteiger partial charge on any atom is 0.294 e. The van der Waals surface area contributed by atoms with Gasteiger partial charge in [0.25, 0.3) is 10.2 Å². The molecule has 0 radical (unpaired) electrons. The zero-order valence-electron chi connectivity index (χ0n) is 9.90. The standard InChI is InChI=1S/C9H13ClN2O7/c10-9-3-1-2-7(18-9)4-5-8(19-12(15)16)6-17-11(13)14/h3,7-8H,1-2,4-6H2/t7?,8-/m1/s1. The molecule has 0 saturated heterocycles. The molecule has 19 heavy (non-hydrogen) atoms. The molecule has 9 nitrogen and oxygen atoms in total. The highest BCUT2D eigenvalue weighted by Crippen LogP contribution is 2.23. The van der Waals surface area contributed by atoms with Gasteiger partial charge in [0.1, 0.15) is 18.8 Å². The lowest BCUT2D eigenvalue weighted by Crippen LogP contribution is -2.27. The maximum absolute atomic E-state index is 10.3. The highest BCUT2D eigenvalue weighted by molar-refractivity contribution is 6.28. The van der Waals surface area contributed by atoms with Crippen LogP contribution in [0.3, 0.4) is 0 Å². The van der Waals surface area contributed by atoms with Crippen molar-refractivity contribution in [2.75, 3.05) is 6.61 Å². The summed E-state index contributed by atoms with van der Waals surface area (Å²) in [5, 5.41) is 18.6. The third-order valence-corrected chi connectivity index (χ3v) is 2.73. The minimum absolute atomic E-state index is 0.175. The predicted octanol–water partition coefficient (Wildman–Crippen LogP) is 1.81. The summed E-state index contributed by atoms with van der Waals surface area (Å²) in [6.07, 6.45) is 2.68. The van der Waals surface area contributed by atoms with E-state index in [0.29, 0.717) is 11.6 Å². The summed E-state index contributed by atoms with van der Waals surface area (Å²) in [7, 11) is 0. The first kappa shape index (κ1) is 15.3. The fourth-order valence-electron chi connectivity index (χ4n) is 1.66. The van der Waals surface area contributed by atoms with Crippen LogP contribution in [0, 0.1) is 20.2 Å². The average molecular weight is 297 g/mol. The van der Waals surface area contributed by atoms with E-state index in [9.17, 15) is 20.2 Å². The lowest BCUT2D eigenvalue weighted by Gasteiger charge is -2.23. The highest BCUT2D eigenvalue weighted by Gasteiger charge is 2.21. The van der Waals surface area contributed by atoms with E-state index in [1.54, 1.807) is 6.08 Å². The molecule has 0 aromatic heterocycles. The summed E-state index contributed by atoms with van der Waals surface area (Å²) in [6, 6.07) is 0. The van der Waals surface area contributed by atoms with Crippen molar-refractivity contribution in [1.29, 1.82) is 0 Å².